The molecule has 8 heteroatoms. The van der Waals surface area contributed by atoms with Crippen LogP contribution in [0.25, 0.3) is 27.7 Å². The molecule has 1 aliphatic rings. The highest BCUT2D eigenvalue weighted by Crippen LogP contribution is 2.30. The Labute approximate surface area is 161 Å². The van der Waals surface area contributed by atoms with Crippen LogP contribution in [0.3, 0.4) is 0 Å². The first-order valence-corrected chi connectivity index (χ1v) is 9.41. The minimum Gasteiger partial charge on any atom is -0.350 e. The van der Waals surface area contributed by atoms with Crippen LogP contribution in [0.4, 0.5) is 0 Å². The van der Waals surface area contributed by atoms with Gasteiger partial charge in [0, 0.05) is 35.6 Å². The molecule has 4 aromatic rings. The molecule has 8 nitrogen and oxygen atoms in total. The van der Waals surface area contributed by atoms with Gasteiger partial charge in [0.15, 0.2) is 0 Å². The summed E-state index contributed by atoms with van der Waals surface area (Å²) in [6.07, 6.45) is 6.24. The van der Waals surface area contributed by atoms with Crippen LogP contribution in [0.15, 0.2) is 42.9 Å². The maximum absolute atomic E-state index is 12.4. The van der Waals surface area contributed by atoms with Gasteiger partial charge in [0.1, 0.15) is 5.65 Å². The van der Waals surface area contributed by atoms with Crippen LogP contribution in [-0.4, -0.2) is 55.7 Å². The molecule has 1 saturated heterocycles. The maximum Gasteiger partial charge on any atom is 0.224 e. The second-order valence-corrected chi connectivity index (χ2v) is 7.34. The minimum atomic E-state index is 0.0781. The smallest absolute Gasteiger partial charge is 0.224 e. The average Bonchev–Trinajstić information content (AvgIpc) is 3.43. The average molecular weight is 375 g/mol. The normalized spacial score (nSPS) is 17.5. The SMILES string of the molecule is CN1CCC(C(=O)NCc2cc3c(-c4cnn5ncccc45)ccnc3[nH]2)C1. The molecule has 0 aromatic carbocycles. The molecular formula is C20H21N7O. The van der Waals surface area contributed by atoms with Gasteiger partial charge in [0.25, 0.3) is 0 Å². The summed E-state index contributed by atoms with van der Waals surface area (Å²) in [4.78, 5) is 22.4. The number of aromatic amines is 1. The second-order valence-electron chi connectivity index (χ2n) is 7.34. The van der Waals surface area contributed by atoms with Crippen LogP contribution in [0.2, 0.25) is 0 Å². The van der Waals surface area contributed by atoms with E-state index in [1.54, 1.807) is 17.0 Å². The lowest BCUT2D eigenvalue weighted by atomic mass is 10.1. The molecule has 1 amide bonds. The number of aromatic nitrogens is 5. The number of carbonyl (C=O) groups is 1. The summed E-state index contributed by atoms with van der Waals surface area (Å²) in [5.41, 5.74) is 4.72. The summed E-state index contributed by atoms with van der Waals surface area (Å²) in [7, 11) is 2.05. The molecular weight excluding hydrogens is 354 g/mol. The Morgan fingerprint density at radius 3 is 3.07 bits per heavy atom. The first-order valence-electron chi connectivity index (χ1n) is 9.41. The van der Waals surface area contributed by atoms with Gasteiger partial charge in [-0.1, -0.05) is 0 Å². The molecule has 0 aliphatic carbocycles. The number of hydrogen-bond acceptors (Lipinski definition) is 5. The second kappa shape index (κ2) is 6.72. The Hall–Kier alpha value is -3.26. The van der Waals surface area contributed by atoms with Crippen molar-refractivity contribution in [2.45, 2.75) is 13.0 Å². The number of likely N-dealkylation sites (tertiary alicyclic amines) is 1. The van der Waals surface area contributed by atoms with E-state index in [2.05, 4.69) is 36.4 Å². The molecule has 0 radical (unpaired) electrons. The van der Waals surface area contributed by atoms with E-state index in [4.69, 9.17) is 0 Å². The van der Waals surface area contributed by atoms with Crippen molar-refractivity contribution in [2.24, 2.45) is 5.92 Å². The van der Waals surface area contributed by atoms with E-state index in [0.717, 1.165) is 52.9 Å². The van der Waals surface area contributed by atoms with Gasteiger partial charge in [-0.25, -0.2) is 4.98 Å². The molecule has 0 saturated carbocycles. The van der Waals surface area contributed by atoms with Crippen LogP contribution < -0.4 is 5.32 Å². The van der Waals surface area contributed by atoms with E-state index in [0.29, 0.717) is 6.54 Å². The zero-order valence-corrected chi connectivity index (χ0v) is 15.6. The zero-order chi connectivity index (χ0) is 19.1. The van der Waals surface area contributed by atoms with Crippen molar-refractivity contribution in [3.8, 4) is 11.1 Å². The molecule has 0 spiro atoms. The van der Waals surface area contributed by atoms with Gasteiger partial charge in [-0.05, 0) is 49.8 Å². The van der Waals surface area contributed by atoms with E-state index in [-0.39, 0.29) is 11.8 Å². The van der Waals surface area contributed by atoms with Gasteiger partial charge < -0.3 is 15.2 Å². The number of hydrogen-bond donors (Lipinski definition) is 2. The molecule has 1 aliphatic heterocycles. The number of rotatable bonds is 4. The predicted octanol–water partition coefficient (Wildman–Crippen LogP) is 1.84. The molecule has 1 fully saturated rings. The zero-order valence-electron chi connectivity index (χ0n) is 15.6. The highest BCUT2D eigenvalue weighted by molar-refractivity contribution is 5.97. The number of H-pyrrole nitrogens is 1. The number of fused-ring (bicyclic) bond motifs is 2. The highest BCUT2D eigenvalue weighted by Gasteiger charge is 2.25. The van der Waals surface area contributed by atoms with Crippen LogP contribution in [-0.2, 0) is 11.3 Å². The third-order valence-corrected chi connectivity index (χ3v) is 5.40. The van der Waals surface area contributed by atoms with Gasteiger partial charge in [0.2, 0.25) is 5.91 Å². The molecule has 28 heavy (non-hydrogen) atoms. The Balaban J connectivity index is 1.42. The van der Waals surface area contributed by atoms with Crippen LogP contribution >= 0.6 is 0 Å². The number of carbonyl (C=O) groups excluding carboxylic acids is 1. The molecule has 5 heterocycles. The van der Waals surface area contributed by atoms with Gasteiger partial charge >= 0.3 is 0 Å². The molecule has 142 valence electrons. The quantitative estimate of drug-likeness (QED) is 0.568. The van der Waals surface area contributed by atoms with Gasteiger partial charge in [-0.2, -0.15) is 14.8 Å². The number of amides is 1. The van der Waals surface area contributed by atoms with Crippen molar-refractivity contribution < 1.29 is 4.79 Å². The molecule has 5 rings (SSSR count). The third kappa shape index (κ3) is 2.91. The predicted molar refractivity (Wildman–Crippen MR) is 106 cm³/mol. The fourth-order valence-electron chi connectivity index (χ4n) is 3.93. The van der Waals surface area contributed by atoms with Crippen LogP contribution in [0.5, 0.6) is 0 Å². The van der Waals surface area contributed by atoms with E-state index in [9.17, 15) is 4.79 Å². The largest absolute Gasteiger partial charge is 0.350 e. The molecule has 1 unspecified atom stereocenters. The lowest BCUT2D eigenvalue weighted by Gasteiger charge is -2.10. The highest BCUT2D eigenvalue weighted by atomic mass is 16.1. The van der Waals surface area contributed by atoms with E-state index >= 15 is 0 Å². The fourth-order valence-corrected chi connectivity index (χ4v) is 3.93. The lowest BCUT2D eigenvalue weighted by molar-refractivity contribution is -0.124. The number of pyridine rings is 1. The summed E-state index contributed by atoms with van der Waals surface area (Å²) < 4.78 is 1.62. The van der Waals surface area contributed by atoms with E-state index < -0.39 is 0 Å². The van der Waals surface area contributed by atoms with Crippen LogP contribution in [0.1, 0.15) is 12.1 Å². The monoisotopic (exact) mass is 375 g/mol. The lowest BCUT2D eigenvalue weighted by Crippen LogP contribution is -2.31. The number of nitrogens with one attached hydrogen (secondary N) is 2. The maximum atomic E-state index is 12.4. The first kappa shape index (κ1) is 16.9. The van der Waals surface area contributed by atoms with E-state index in [1.807, 2.05) is 31.4 Å². The molecule has 0 bridgehead atoms. The van der Waals surface area contributed by atoms with Crippen molar-refractivity contribution in [3.05, 3.63) is 48.5 Å². The summed E-state index contributed by atoms with van der Waals surface area (Å²) in [6.45, 7) is 2.27. The van der Waals surface area contributed by atoms with Gasteiger partial charge in [-0.3, -0.25) is 4.79 Å². The van der Waals surface area contributed by atoms with E-state index in [1.165, 1.54) is 0 Å². The summed E-state index contributed by atoms with van der Waals surface area (Å²) in [5.74, 6) is 0.194. The molecule has 1 atom stereocenters. The van der Waals surface area contributed by atoms with Crippen LogP contribution in [0, 0.1) is 5.92 Å². The Kier molecular flexibility index (Phi) is 4.05. The van der Waals surface area contributed by atoms with Crippen molar-refractivity contribution in [1.82, 2.24) is 35.0 Å². The fraction of sp³-hybridized carbons (Fsp3) is 0.300. The minimum absolute atomic E-state index is 0.0781. The van der Waals surface area contributed by atoms with Crippen molar-refractivity contribution in [1.29, 1.82) is 0 Å². The van der Waals surface area contributed by atoms with Crippen molar-refractivity contribution in [3.63, 3.8) is 0 Å². The van der Waals surface area contributed by atoms with Crippen molar-refractivity contribution >= 4 is 22.5 Å². The first-order chi connectivity index (χ1) is 13.7. The van der Waals surface area contributed by atoms with Gasteiger partial charge in [-0.15, -0.1) is 0 Å². The van der Waals surface area contributed by atoms with Gasteiger partial charge in [0.05, 0.1) is 24.2 Å². The molecule has 4 aromatic heterocycles. The Morgan fingerprint density at radius 2 is 2.21 bits per heavy atom. The van der Waals surface area contributed by atoms with Crippen molar-refractivity contribution in [2.75, 3.05) is 20.1 Å². The summed E-state index contributed by atoms with van der Waals surface area (Å²) in [6, 6.07) is 7.93. The molecule has 2 N–H and O–H groups in total. The summed E-state index contributed by atoms with van der Waals surface area (Å²) in [5, 5.41) is 12.6. The Bertz CT molecular complexity index is 1160. The standard InChI is InChI=1S/C20H21N7O/c1-26-8-5-13(12-26)20(28)22-10-14-9-16-15(4-7-21-19(16)25-14)17-11-24-27-18(17)3-2-6-23-27/h2-4,6-7,9,11,13H,5,8,10,12H2,1H3,(H,21,25)(H,22,28). The summed E-state index contributed by atoms with van der Waals surface area (Å²) >= 11 is 0. The Morgan fingerprint density at radius 1 is 1.29 bits per heavy atom. The number of nitrogens with zero attached hydrogens (tertiary/aromatic N) is 5. The topological polar surface area (TPSA) is 91.2 Å². The third-order valence-electron chi connectivity index (χ3n) is 5.40.